The first-order valence-corrected chi connectivity index (χ1v) is 12.3. The van der Waals surface area contributed by atoms with E-state index in [4.69, 9.17) is 9.47 Å². The number of piperidine rings is 2. The molecule has 0 aromatic heterocycles. The number of fused-ring (bicyclic) bond motifs is 1. The van der Waals surface area contributed by atoms with Gasteiger partial charge in [-0.25, -0.2) is 0 Å². The molecular weight excluding hydrogens is 372 g/mol. The summed E-state index contributed by atoms with van der Waals surface area (Å²) in [6.45, 7) is 9.34. The first kappa shape index (κ1) is 20.5. The molecule has 30 heavy (non-hydrogen) atoms. The second-order valence-corrected chi connectivity index (χ2v) is 9.84. The van der Waals surface area contributed by atoms with Gasteiger partial charge in [0.1, 0.15) is 11.9 Å². The van der Waals surface area contributed by atoms with E-state index in [-0.39, 0.29) is 0 Å². The number of benzene rings is 1. The Labute approximate surface area is 182 Å². The lowest BCUT2D eigenvalue weighted by atomic mass is 10.1. The Balaban J connectivity index is 0.948. The van der Waals surface area contributed by atoms with E-state index >= 15 is 0 Å². The summed E-state index contributed by atoms with van der Waals surface area (Å²) in [5.74, 6) is 3.59. The van der Waals surface area contributed by atoms with Crippen molar-refractivity contribution in [2.45, 2.75) is 51.2 Å². The van der Waals surface area contributed by atoms with Gasteiger partial charge in [0, 0.05) is 45.6 Å². The Morgan fingerprint density at radius 3 is 2.33 bits per heavy atom. The van der Waals surface area contributed by atoms with Crippen LogP contribution in [0.15, 0.2) is 36.4 Å². The van der Waals surface area contributed by atoms with Gasteiger partial charge in [-0.2, -0.15) is 0 Å². The summed E-state index contributed by atoms with van der Waals surface area (Å²) in [6, 6.07) is 8.77. The standard InChI is InChI=1S/C26H38N2O2/c1-4-13-27(14-5-1)15-6-16-29-20-26-24-18-28(19-25(24)26)17-21-9-11-23(12-10-21)30-22-7-2-3-8-22/h2-3,9-12,22,24-26H,1,4-8,13-20H2. The van der Waals surface area contributed by atoms with Crippen molar-refractivity contribution in [1.29, 1.82) is 0 Å². The van der Waals surface area contributed by atoms with Crippen LogP contribution in [0.4, 0.5) is 0 Å². The van der Waals surface area contributed by atoms with Crippen LogP contribution in [-0.4, -0.2) is 61.8 Å². The summed E-state index contributed by atoms with van der Waals surface area (Å²) >= 11 is 0. The van der Waals surface area contributed by atoms with Crippen molar-refractivity contribution < 1.29 is 9.47 Å². The number of nitrogens with zero attached hydrogens (tertiary/aromatic N) is 2. The lowest BCUT2D eigenvalue weighted by Crippen LogP contribution is -2.31. The molecule has 1 aromatic rings. The minimum Gasteiger partial charge on any atom is -0.490 e. The normalized spacial score (nSPS) is 29.4. The smallest absolute Gasteiger partial charge is 0.119 e. The molecule has 2 aliphatic carbocycles. The molecule has 4 aliphatic rings. The lowest BCUT2D eigenvalue weighted by molar-refractivity contribution is 0.0967. The molecule has 0 bridgehead atoms. The second kappa shape index (κ2) is 9.84. The van der Waals surface area contributed by atoms with Crippen molar-refractivity contribution in [3.8, 4) is 5.75 Å². The highest BCUT2D eigenvalue weighted by Gasteiger charge is 2.55. The third kappa shape index (κ3) is 5.27. The second-order valence-electron chi connectivity index (χ2n) is 9.84. The molecule has 0 spiro atoms. The van der Waals surface area contributed by atoms with Crippen molar-refractivity contribution in [2.75, 3.05) is 45.9 Å². The topological polar surface area (TPSA) is 24.9 Å². The van der Waals surface area contributed by atoms with Crippen LogP contribution in [0.5, 0.6) is 5.75 Å². The van der Waals surface area contributed by atoms with E-state index in [2.05, 4.69) is 46.2 Å². The minimum absolute atomic E-state index is 0.338. The average Bonchev–Trinajstić information content (AvgIpc) is 3.14. The van der Waals surface area contributed by atoms with Gasteiger partial charge in [0.2, 0.25) is 0 Å². The minimum atomic E-state index is 0.338. The number of hydrogen-bond acceptors (Lipinski definition) is 4. The van der Waals surface area contributed by atoms with E-state index in [1.807, 2.05) is 0 Å². The van der Waals surface area contributed by atoms with Crippen LogP contribution < -0.4 is 4.74 Å². The Morgan fingerprint density at radius 2 is 1.60 bits per heavy atom. The average molecular weight is 411 g/mol. The number of ether oxygens (including phenoxy) is 2. The summed E-state index contributed by atoms with van der Waals surface area (Å²) in [5.41, 5.74) is 1.40. The van der Waals surface area contributed by atoms with Crippen molar-refractivity contribution in [3.63, 3.8) is 0 Å². The third-order valence-electron chi connectivity index (χ3n) is 7.57. The Hall–Kier alpha value is -1.36. The highest BCUT2D eigenvalue weighted by atomic mass is 16.5. The predicted octanol–water partition coefficient (Wildman–Crippen LogP) is 4.35. The number of rotatable bonds is 10. The maximum atomic E-state index is 6.04. The molecule has 0 N–H and O–H groups in total. The zero-order valence-electron chi connectivity index (χ0n) is 18.4. The van der Waals surface area contributed by atoms with E-state index in [1.165, 1.54) is 64.0 Å². The molecule has 2 unspecified atom stereocenters. The van der Waals surface area contributed by atoms with Crippen molar-refractivity contribution in [3.05, 3.63) is 42.0 Å². The lowest BCUT2D eigenvalue weighted by Gasteiger charge is -2.26. The maximum Gasteiger partial charge on any atom is 0.119 e. The van der Waals surface area contributed by atoms with Gasteiger partial charge in [0.15, 0.2) is 0 Å². The van der Waals surface area contributed by atoms with Gasteiger partial charge >= 0.3 is 0 Å². The molecule has 2 atom stereocenters. The van der Waals surface area contributed by atoms with Gasteiger partial charge in [-0.15, -0.1) is 0 Å². The van der Waals surface area contributed by atoms with Gasteiger partial charge in [-0.1, -0.05) is 30.7 Å². The van der Waals surface area contributed by atoms with Crippen LogP contribution in [0, 0.1) is 17.8 Å². The molecule has 2 heterocycles. The van der Waals surface area contributed by atoms with E-state index in [1.54, 1.807) is 0 Å². The van der Waals surface area contributed by atoms with Gasteiger partial charge < -0.3 is 14.4 Å². The highest BCUT2D eigenvalue weighted by Crippen LogP contribution is 2.52. The summed E-state index contributed by atoms with van der Waals surface area (Å²) in [7, 11) is 0. The molecule has 4 heteroatoms. The fourth-order valence-corrected chi connectivity index (χ4v) is 5.72. The van der Waals surface area contributed by atoms with Crippen LogP contribution in [0.25, 0.3) is 0 Å². The Morgan fingerprint density at radius 1 is 0.867 bits per heavy atom. The van der Waals surface area contributed by atoms with Crippen LogP contribution in [0.1, 0.15) is 44.1 Å². The van der Waals surface area contributed by atoms with Gasteiger partial charge in [0.05, 0.1) is 6.61 Å². The summed E-state index contributed by atoms with van der Waals surface area (Å²) < 4.78 is 12.1. The SMILES string of the molecule is C1=CCC(Oc2ccc(CN3CC4C(COCCCN5CCCCC5)C4C3)cc2)C1. The number of likely N-dealkylation sites (tertiary alicyclic amines) is 2. The van der Waals surface area contributed by atoms with E-state index in [9.17, 15) is 0 Å². The monoisotopic (exact) mass is 410 g/mol. The fraction of sp³-hybridized carbons (Fsp3) is 0.692. The zero-order valence-corrected chi connectivity index (χ0v) is 18.4. The van der Waals surface area contributed by atoms with E-state index < -0.39 is 0 Å². The fourth-order valence-electron chi connectivity index (χ4n) is 5.72. The molecule has 3 fully saturated rings. The summed E-state index contributed by atoms with van der Waals surface area (Å²) in [6.07, 6.45) is 12.3. The Kier molecular flexibility index (Phi) is 6.74. The van der Waals surface area contributed by atoms with Gasteiger partial charge in [-0.05, 0) is 67.8 Å². The molecule has 0 amide bonds. The van der Waals surface area contributed by atoms with Crippen LogP contribution in [0.2, 0.25) is 0 Å². The van der Waals surface area contributed by atoms with Gasteiger partial charge in [0.25, 0.3) is 0 Å². The largest absolute Gasteiger partial charge is 0.490 e. The predicted molar refractivity (Wildman–Crippen MR) is 121 cm³/mol. The van der Waals surface area contributed by atoms with Crippen LogP contribution >= 0.6 is 0 Å². The van der Waals surface area contributed by atoms with Crippen LogP contribution in [0.3, 0.4) is 0 Å². The van der Waals surface area contributed by atoms with Crippen molar-refractivity contribution >= 4 is 0 Å². The first-order valence-electron chi connectivity index (χ1n) is 12.3. The Bertz CT molecular complexity index is 677. The first-order chi connectivity index (χ1) is 14.8. The molecular formula is C26H38N2O2. The molecule has 1 aromatic carbocycles. The number of hydrogen-bond donors (Lipinski definition) is 0. The molecule has 4 nitrogen and oxygen atoms in total. The quantitative estimate of drug-likeness (QED) is 0.423. The highest BCUT2D eigenvalue weighted by molar-refractivity contribution is 5.28. The molecule has 0 radical (unpaired) electrons. The zero-order chi connectivity index (χ0) is 20.2. The summed E-state index contributed by atoms with van der Waals surface area (Å²) in [4.78, 5) is 5.24. The molecule has 164 valence electrons. The molecule has 2 saturated heterocycles. The van der Waals surface area contributed by atoms with Gasteiger partial charge in [-0.3, -0.25) is 4.90 Å². The van der Waals surface area contributed by atoms with Crippen LogP contribution in [-0.2, 0) is 11.3 Å². The van der Waals surface area contributed by atoms with Crippen molar-refractivity contribution in [1.82, 2.24) is 9.80 Å². The maximum absolute atomic E-state index is 6.04. The molecule has 1 saturated carbocycles. The van der Waals surface area contributed by atoms with Crippen molar-refractivity contribution in [2.24, 2.45) is 17.8 Å². The van der Waals surface area contributed by atoms with E-state index in [0.717, 1.165) is 56.1 Å². The van der Waals surface area contributed by atoms with E-state index in [0.29, 0.717) is 6.10 Å². The summed E-state index contributed by atoms with van der Waals surface area (Å²) in [5, 5.41) is 0. The third-order valence-corrected chi connectivity index (χ3v) is 7.57. The molecule has 2 aliphatic heterocycles. The molecule has 5 rings (SSSR count).